The highest BCUT2D eigenvalue weighted by Gasteiger charge is 2.29. The number of carbonyl (C=O) groups is 2. The summed E-state index contributed by atoms with van der Waals surface area (Å²) in [6, 6.07) is 12.5. The Hall–Kier alpha value is -2.05. The summed E-state index contributed by atoms with van der Waals surface area (Å²) in [5, 5.41) is 3.32. The number of aryl methyl sites for hydroxylation is 1. The van der Waals surface area contributed by atoms with Crippen molar-refractivity contribution < 1.29 is 14.3 Å². The molecule has 2 rings (SSSR count). The van der Waals surface area contributed by atoms with Crippen molar-refractivity contribution in [3.63, 3.8) is 0 Å². The Morgan fingerprint density at radius 3 is 2.53 bits per heavy atom. The van der Waals surface area contributed by atoms with E-state index in [1.54, 1.807) is 23.1 Å². The molecule has 0 saturated heterocycles. The van der Waals surface area contributed by atoms with E-state index in [1.165, 1.54) is 0 Å². The third-order valence-corrected chi connectivity index (χ3v) is 5.29. The third-order valence-electron chi connectivity index (χ3n) is 4.50. The minimum absolute atomic E-state index is 0.0136. The van der Waals surface area contributed by atoms with Gasteiger partial charge in [-0.15, -0.1) is 0 Å². The van der Waals surface area contributed by atoms with E-state index in [9.17, 15) is 9.59 Å². The maximum Gasteiger partial charge on any atom is 0.261 e. The molecule has 5 nitrogen and oxygen atoms in total. The molecule has 0 aliphatic rings. The molecule has 162 valence electrons. The Labute approximate surface area is 191 Å². The van der Waals surface area contributed by atoms with Crippen LogP contribution in [0.4, 0.5) is 0 Å². The molecule has 0 radical (unpaired) electrons. The van der Waals surface area contributed by atoms with Crippen LogP contribution in [0, 0.1) is 6.92 Å². The van der Waals surface area contributed by atoms with Gasteiger partial charge in [0, 0.05) is 17.1 Å². The first-order valence-electron chi connectivity index (χ1n) is 9.94. The molecule has 2 aromatic carbocycles. The second-order valence-corrected chi connectivity index (χ2v) is 8.78. The topological polar surface area (TPSA) is 58.6 Å². The van der Waals surface area contributed by atoms with Gasteiger partial charge in [0.1, 0.15) is 11.8 Å². The molecule has 0 fully saturated rings. The van der Waals surface area contributed by atoms with Crippen LogP contribution < -0.4 is 10.1 Å². The molecule has 0 aliphatic carbocycles. The van der Waals surface area contributed by atoms with Gasteiger partial charge in [-0.05, 0) is 51.0 Å². The van der Waals surface area contributed by atoms with Crippen LogP contribution in [0.15, 0.2) is 46.9 Å². The van der Waals surface area contributed by atoms with Gasteiger partial charge in [0.05, 0.1) is 5.02 Å². The van der Waals surface area contributed by atoms with E-state index < -0.39 is 6.04 Å². The van der Waals surface area contributed by atoms with E-state index in [0.29, 0.717) is 23.7 Å². The van der Waals surface area contributed by atoms with Crippen LogP contribution in [0.1, 0.15) is 38.3 Å². The Morgan fingerprint density at radius 1 is 1.20 bits per heavy atom. The minimum atomic E-state index is -0.593. The number of nitrogens with zero attached hydrogens (tertiary/aromatic N) is 1. The van der Waals surface area contributed by atoms with Crippen molar-refractivity contribution in [3.8, 4) is 5.75 Å². The van der Waals surface area contributed by atoms with Crippen molar-refractivity contribution in [1.29, 1.82) is 0 Å². The highest BCUT2D eigenvalue weighted by atomic mass is 79.9. The Balaban J connectivity index is 2.23. The molecule has 1 N–H and O–H groups in total. The molecule has 2 aromatic rings. The molecule has 2 amide bonds. The van der Waals surface area contributed by atoms with Gasteiger partial charge in [0.2, 0.25) is 5.91 Å². The fourth-order valence-corrected chi connectivity index (χ4v) is 3.85. The average molecular weight is 496 g/mol. The number of hydrogen-bond donors (Lipinski definition) is 1. The molecule has 0 heterocycles. The van der Waals surface area contributed by atoms with Crippen LogP contribution in [-0.2, 0) is 16.1 Å². The Morgan fingerprint density at radius 2 is 1.93 bits per heavy atom. The van der Waals surface area contributed by atoms with Gasteiger partial charge in [-0.2, -0.15) is 0 Å². The average Bonchev–Trinajstić information content (AvgIpc) is 2.66. The van der Waals surface area contributed by atoms with Crippen molar-refractivity contribution in [1.82, 2.24) is 10.2 Å². The largest absolute Gasteiger partial charge is 0.482 e. The maximum absolute atomic E-state index is 13.1. The monoisotopic (exact) mass is 494 g/mol. The fraction of sp³-hybridized carbons (Fsp3) is 0.391. The summed E-state index contributed by atoms with van der Waals surface area (Å²) in [7, 11) is 0. The summed E-state index contributed by atoms with van der Waals surface area (Å²) in [6.07, 6.45) is 0.495. The minimum Gasteiger partial charge on any atom is -0.482 e. The molecule has 0 aromatic heterocycles. The standard InChI is InChI=1S/C23H28BrClN2O3/c1-5-20(23(29)26-15(2)3)27(13-17-8-6-7-16(4)11-17)22(28)14-30-21-10-9-18(24)12-19(21)25/h6-12,15,20H,5,13-14H2,1-4H3,(H,26,29). The summed E-state index contributed by atoms with van der Waals surface area (Å²) in [6.45, 7) is 7.80. The lowest BCUT2D eigenvalue weighted by Gasteiger charge is -2.31. The summed E-state index contributed by atoms with van der Waals surface area (Å²) in [4.78, 5) is 27.5. The van der Waals surface area contributed by atoms with Gasteiger partial charge in [0.25, 0.3) is 5.91 Å². The van der Waals surface area contributed by atoms with E-state index in [2.05, 4.69) is 21.2 Å². The first kappa shape index (κ1) is 24.2. The zero-order valence-corrected chi connectivity index (χ0v) is 20.1. The van der Waals surface area contributed by atoms with Crippen LogP contribution >= 0.6 is 27.5 Å². The molecular formula is C23H28BrClN2O3. The quantitative estimate of drug-likeness (QED) is 0.525. The van der Waals surface area contributed by atoms with Crippen LogP contribution in [0.5, 0.6) is 5.75 Å². The maximum atomic E-state index is 13.1. The number of benzene rings is 2. The van der Waals surface area contributed by atoms with E-state index in [0.717, 1.165) is 15.6 Å². The van der Waals surface area contributed by atoms with Gasteiger partial charge in [-0.3, -0.25) is 9.59 Å². The van der Waals surface area contributed by atoms with Crippen LogP contribution in [0.2, 0.25) is 5.02 Å². The van der Waals surface area contributed by atoms with Crippen molar-refractivity contribution in [3.05, 3.63) is 63.1 Å². The van der Waals surface area contributed by atoms with Gasteiger partial charge in [-0.1, -0.05) is 64.3 Å². The summed E-state index contributed by atoms with van der Waals surface area (Å²) >= 11 is 9.54. The van der Waals surface area contributed by atoms with Crippen molar-refractivity contribution in [2.75, 3.05) is 6.61 Å². The summed E-state index contributed by atoms with van der Waals surface area (Å²) in [5.74, 6) is -0.0279. The molecular weight excluding hydrogens is 468 g/mol. The molecule has 0 spiro atoms. The lowest BCUT2D eigenvalue weighted by Crippen LogP contribution is -2.51. The van der Waals surface area contributed by atoms with Gasteiger partial charge in [-0.25, -0.2) is 0 Å². The van der Waals surface area contributed by atoms with E-state index >= 15 is 0 Å². The first-order chi connectivity index (χ1) is 14.2. The SMILES string of the molecule is CCC(C(=O)NC(C)C)N(Cc1cccc(C)c1)C(=O)COc1ccc(Br)cc1Cl. The number of nitrogens with one attached hydrogen (secondary N) is 1. The molecule has 1 unspecified atom stereocenters. The van der Waals surface area contributed by atoms with E-state index in [4.69, 9.17) is 16.3 Å². The molecule has 0 saturated carbocycles. The second kappa shape index (κ2) is 11.4. The fourth-order valence-electron chi connectivity index (χ4n) is 3.12. The second-order valence-electron chi connectivity index (χ2n) is 7.46. The predicted octanol–water partition coefficient (Wildman–Crippen LogP) is 5.12. The van der Waals surface area contributed by atoms with Crippen LogP contribution in [-0.4, -0.2) is 35.4 Å². The predicted molar refractivity (Wildman–Crippen MR) is 124 cm³/mol. The smallest absolute Gasteiger partial charge is 0.261 e. The molecule has 0 bridgehead atoms. The van der Waals surface area contributed by atoms with Gasteiger partial charge >= 0.3 is 0 Å². The zero-order valence-electron chi connectivity index (χ0n) is 17.7. The molecule has 7 heteroatoms. The molecule has 30 heavy (non-hydrogen) atoms. The van der Waals surface area contributed by atoms with Crippen molar-refractivity contribution >= 4 is 39.3 Å². The van der Waals surface area contributed by atoms with E-state index in [-0.39, 0.29) is 24.5 Å². The number of amides is 2. The summed E-state index contributed by atoms with van der Waals surface area (Å²) < 4.78 is 6.50. The van der Waals surface area contributed by atoms with Crippen LogP contribution in [0.3, 0.4) is 0 Å². The van der Waals surface area contributed by atoms with Gasteiger partial charge in [0.15, 0.2) is 6.61 Å². The highest BCUT2D eigenvalue weighted by Crippen LogP contribution is 2.28. The van der Waals surface area contributed by atoms with Crippen molar-refractivity contribution in [2.24, 2.45) is 0 Å². The Bertz CT molecular complexity index is 889. The number of ether oxygens (including phenoxy) is 1. The number of halogens is 2. The molecule has 1 atom stereocenters. The summed E-state index contributed by atoms with van der Waals surface area (Å²) in [5.41, 5.74) is 2.05. The van der Waals surface area contributed by atoms with E-state index in [1.807, 2.05) is 52.0 Å². The normalized spacial score (nSPS) is 11.8. The number of rotatable bonds is 9. The third kappa shape index (κ3) is 7.03. The van der Waals surface area contributed by atoms with Crippen molar-refractivity contribution in [2.45, 2.75) is 52.7 Å². The zero-order chi connectivity index (χ0) is 22.3. The first-order valence-corrected chi connectivity index (χ1v) is 11.1. The van der Waals surface area contributed by atoms with Crippen LogP contribution in [0.25, 0.3) is 0 Å². The Kier molecular flexibility index (Phi) is 9.18. The molecule has 0 aliphatic heterocycles. The number of hydrogen-bond acceptors (Lipinski definition) is 3. The lowest BCUT2D eigenvalue weighted by molar-refractivity contribution is -0.143. The lowest BCUT2D eigenvalue weighted by atomic mass is 10.1. The van der Waals surface area contributed by atoms with Gasteiger partial charge < -0.3 is 15.0 Å². The highest BCUT2D eigenvalue weighted by molar-refractivity contribution is 9.10. The number of carbonyl (C=O) groups excluding carboxylic acids is 2.